The van der Waals surface area contributed by atoms with Crippen LogP contribution in [0.4, 0.5) is 28.9 Å². The van der Waals surface area contributed by atoms with E-state index in [0.717, 1.165) is 51.5 Å². The van der Waals surface area contributed by atoms with Gasteiger partial charge in [-0.15, -0.1) is 0 Å². The van der Waals surface area contributed by atoms with E-state index in [9.17, 15) is 32.6 Å². The number of pyridine rings is 4. The number of nitrogens with one attached hydrogen (secondary N) is 1. The fourth-order valence-electron chi connectivity index (χ4n) is 5.59. The number of halogens is 6. The van der Waals surface area contributed by atoms with Gasteiger partial charge in [-0.2, -0.15) is 17.6 Å². The average molecular weight is 856 g/mol. The van der Waals surface area contributed by atoms with E-state index < -0.39 is 17.7 Å². The molecule has 4 aromatic carbocycles. The zero-order valence-electron chi connectivity index (χ0n) is 31.9. The molecule has 1 atom stereocenters. The molecule has 0 aliphatic rings. The van der Waals surface area contributed by atoms with Crippen LogP contribution in [0.25, 0.3) is 21.8 Å². The SMILES string of the molecule is Cc1ccc(Cl)c(C(Nc2ccc(C)nc2)c2ccc3cccnc3c2O)c1.Nc1ccc(F)nc1.O=Cc1cc(C(F)(F)F)ccc1Cl.Oc1cccc2cccnc12. The van der Waals surface area contributed by atoms with Crippen LogP contribution >= 0.6 is 23.2 Å². The number of nitrogens with two attached hydrogens (primary N) is 1. The van der Waals surface area contributed by atoms with Gasteiger partial charge in [0.2, 0.25) is 5.95 Å². The van der Waals surface area contributed by atoms with Crippen molar-refractivity contribution in [2.75, 3.05) is 11.1 Å². The predicted octanol–water partition coefficient (Wildman–Crippen LogP) is 11.7. The molecule has 0 saturated heterocycles. The normalized spacial score (nSPS) is 11.2. The van der Waals surface area contributed by atoms with Crippen LogP contribution in [0.2, 0.25) is 10.0 Å². The van der Waals surface area contributed by atoms with Gasteiger partial charge in [0, 0.05) is 45.0 Å². The van der Waals surface area contributed by atoms with E-state index in [-0.39, 0.29) is 34.4 Å². The molecule has 8 rings (SSSR count). The van der Waals surface area contributed by atoms with Crippen molar-refractivity contribution in [2.24, 2.45) is 0 Å². The maximum atomic E-state index is 12.1. The smallest absolute Gasteiger partial charge is 0.416 e. The molecule has 9 nitrogen and oxygen atoms in total. The molecule has 0 bridgehead atoms. The van der Waals surface area contributed by atoms with Crippen LogP contribution in [0.3, 0.4) is 0 Å². The molecule has 60 heavy (non-hydrogen) atoms. The van der Waals surface area contributed by atoms with Crippen molar-refractivity contribution in [3.63, 3.8) is 0 Å². The van der Waals surface area contributed by atoms with Gasteiger partial charge in [-0.25, -0.2) is 4.98 Å². The monoisotopic (exact) mass is 854 g/mol. The van der Waals surface area contributed by atoms with Gasteiger partial charge in [0.1, 0.15) is 22.5 Å². The third-order valence-electron chi connectivity index (χ3n) is 8.59. The number of hydrogen-bond donors (Lipinski definition) is 4. The summed E-state index contributed by atoms with van der Waals surface area (Å²) in [5, 5.41) is 26.3. The number of aromatic nitrogens is 4. The third-order valence-corrected chi connectivity index (χ3v) is 9.28. The first-order chi connectivity index (χ1) is 28.6. The van der Waals surface area contributed by atoms with Crippen LogP contribution in [-0.4, -0.2) is 36.4 Å². The molecule has 1 unspecified atom stereocenters. The summed E-state index contributed by atoms with van der Waals surface area (Å²) >= 11 is 12.0. The number of aldehydes is 1. The molecule has 4 heterocycles. The molecule has 306 valence electrons. The number of fused-ring (bicyclic) bond motifs is 2. The van der Waals surface area contributed by atoms with Gasteiger partial charge in [0.15, 0.2) is 6.29 Å². The summed E-state index contributed by atoms with van der Waals surface area (Å²) in [6, 6.07) is 31.5. The molecule has 0 amide bonds. The molecule has 0 saturated carbocycles. The molecular weight excluding hydrogens is 819 g/mol. The zero-order chi connectivity index (χ0) is 43.4. The number of carbonyl (C=O) groups excluding carboxylic acids is 1. The zero-order valence-corrected chi connectivity index (χ0v) is 33.4. The van der Waals surface area contributed by atoms with Crippen LogP contribution in [0.1, 0.15) is 44.3 Å². The summed E-state index contributed by atoms with van der Waals surface area (Å²) in [7, 11) is 0. The molecule has 0 spiro atoms. The van der Waals surface area contributed by atoms with Gasteiger partial charge >= 0.3 is 6.18 Å². The molecule has 4 aromatic heterocycles. The maximum Gasteiger partial charge on any atom is 0.416 e. The Morgan fingerprint density at radius 2 is 1.40 bits per heavy atom. The van der Waals surface area contributed by atoms with E-state index in [1.807, 2.05) is 86.6 Å². The first-order valence-electron chi connectivity index (χ1n) is 17.9. The minimum Gasteiger partial charge on any atom is -0.506 e. The highest BCUT2D eigenvalue weighted by atomic mass is 35.5. The van der Waals surface area contributed by atoms with Crippen molar-refractivity contribution in [1.82, 2.24) is 19.9 Å². The number of anilines is 2. The lowest BCUT2D eigenvalue weighted by molar-refractivity contribution is -0.137. The Balaban J connectivity index is 0.000000175. The first-order valence-corrected chi connectivity index (χ1v) is 18.6. The van der Waals surface area contributed by atoms with Crippen molar-refractivity contribution in [2.45, 2.75) is 26.1 Å². The number of hydrogen-bond acceptors (Lipinski definition) is 9. The number of para-hydroxylation sites is 1. The second kappa shape index (κ2) is 20.2. The van der Waals surface area contributed by atoms with Gasteiger partial charge in [-0.05, 0) is 86.1 Å². The van der Waals surface area contributed by atoms with Crippen LogP contribution in [0.5, 0.6) is 11.5 Å². The topological polar surface area (TPSA) is 147 Å². The number of nitrogen functional groups attached to an aromatic ring is 1. The number of rotatable bonds is 5. The van der Waals surface area contributed by atoms with Crippen molar-refractivity contribution in [3.8, 4) is 11.5 Å². The van der Waals surface area contributed by atoms with Crippen molar-refractivity contribution in [3.05, 3.63) is 190 Å². The predicted molar refractivity (Wildman–Crippen MR) is 228 cm³/mol. The van der Waals surface area contributed by atoms with Crippen molar-refractivity contribution < 1.29 is 32.6 Å². The van der Waals surface area contributed by atoms with E-state index in [1.54, 1.807) is 30.7 Å². The van der Waals surface area contributed by atoms with E-state index >= 15 is 0 Å². The summed E-state index contributed by atoms with van der Waals surface area (Å²) in [5.41, 5.74) is 10.3. The Labute approximate surface area is 352 Å². The van der Waals surface area contributed by atoms with E-state index in [4.69, 9.17) is 28.9 Å². The summed E-state index contributed by atoms with van der Waals surface area (Å²) in [5.74, 6) is -0.115. The van der Waals surface area contributed by atoms with E-state index in [2.05, 4.69) is 25.3 Å². The lowest BCUT2D eigenvalue weighted by Crippen LogP contribution is -2.14. The fraction of sp³-hybridized carbons (Fsp3) is 0.0889. The second-order valence-corrected chi connectivity index (χ2v) is 13.8. The number of phenolic OH excluding ortho intramolecular Hbond substituents is 2. The first kappa shape index (κ1) is 44.3. The number of alkyl halides is 3. The van der Waals surface area contributed by atoms with Crippen molar-refractivity contribution in [1.29, 1.82) is 0 Å². The molecule has 0 fully saturated rings. The van der Waals surface area contributed by atoms with Crippen LogP contribution in [0.15, 0.2) is 140 Å². The van der Waals surface area contributed by atoms with Gasteiger partial charge in [-0.1, -0.05) is 77.3 Å². The molecule has 0 radical (unpaired) electrons. The van der Waals surface area contributed by atoms with Gasteiger partial charge in [0.25, 0.3) is 0 Å². The van der Waals surface area contributed by atoms with Crippen LogP contribution < -0.4 is 11.1 Å². The number of aromatic hydroxyl groups is 2. The summed E-state index contributed by atoms with van der Waals surface area (Å²) in [4.78, 5) is 26.3. The molecule has 0 aliphatic heterocycles. The Hall–Kier alpha value is -6.83. The minimum absolute atomic E-state index is 0.0167. The second-order valence-electron chi connectivity index (χ2n) is 13.0. The maximum absolute atomic E-state index is 12.1. The summed E-state index contributed by atoms with van der Waals surface area (Å²) in [6.45, 7) is 3.96. The van der Waals surface area contributed by atoms with Crippen molar-refractivity contribution >= 4 is 62.7 Å². The standard InChI is InChI=1S/C23H20ClN3O.C9H7NO.C8H4ClF3O.C5H5FN2/c1-14-5-10-20(24)19(12-14)22(27-17-8-6-15(2)26-13-17)18-9-7-16-4-3-11-25-21(16)23(18)28;11-8-5-1-3-7-4-2-6-10-9(7)8;9-7-2-1-6(8(10,11)12)3-5(7)4-13;6-5-2-1-4(7)3-8-5/h3-13,22,27-28H,1-2H3;1-6,11H;1-4H;1-3H,7H2. The highest BCUT2D eigenvalue weighted by Gasteiger charge is 2.30. The number of phenols is 2. The average Bonchev–Trinajstić information content (AvgIpc) is 3.24. The third kappa shape index (κ3) is 11.9. The summed E-state index contributed by atoms with van der Waals surface area (Å²) < 4.78 is 48.2. The van der Waals surface area contributed by atoms with E-state index in [0.29, 0.717) is 27.3 Å². The lowest BCUT2D eigenvalue weighted by atomic mass is 9.95. The molecule has 0 aliphatic carbocycles. The fourth-order valence-corrected chi connectivity index (χ4v) is 5.98. The molecule has 15 heteroatoms. The number of aryl methyl sites for hydroxylation is 2. The molecular formula is C45H36Cl2F4N6O3. The Bertz CT molecular complexity index is 2680. The van der Waals surface area contributed by atoms with Gasteiger partial charge in [-0.3, -0.25) is 19.7 Å². The minimum atomic E-state index is -4.44. The van der Waals surface area contributed by atoms with Gasteiger partial charge in [0.05, 0.1) is 40.4 Å². The quantitative estimate of drug-likeness (QED) is 0.0754. The largest absolute Gasteiger partial charge is 0.506 e. The lowest BCUT2D eigenvalue weighted by Gasteiger charge is -2.23. The van der Waals surface area contributed by atoms with Gasteiger partial charge < -0.3 is 21.3 Å². The van der Waals surface area contributed by atoms with E-state index in [1.165, 1.54) is 18.3 Å². The van der Waals surface area contributed by atoms with Crippen LogP contribution in [-0.2, 0) is 6.18 Å². The Morgan fingerprint density at radius 1 is 0.717 bits per heavy atom. The Morgan fingerprint density at radius 3 is 2.02 bits per heavy atom. The number of benzene rings is 4. The highest BCUT2D eigenvalue weighted by molar-refractivity contribution is 6.33. The molecule has 5 N–H and O–H groups in total. The Kier molecular flexibility index (Phi) is 14.9. The highest BCUT2D eigenvalue weighted by Crippen LogP contribution is 2.39. The number of carbonyl (C=O) groups is 1. The molecule has 8 aromatic rings. The number of nitrogens with zero attached hydrogens (tertiary/aromatic N) is 4. The van der Waals surface area contributed by atoms with Crippen LogP contribution in [0, 0.1) is 19.8 Å². The summed E-state index contributed by atoms with van der Waals surface area (Å²) in [6.07, 6.45) is 2.25.